The number of hydrogen-bond donors (Lipinski definition) is 1. The van der Waals surface area contributed by atoms with Gasteiger partial charge >= 0.3 is 0 Å². The maximum absolute atomic E-state index is 12.9. The van der Waals surface area contributed by atoms with Crippen molar-refractivity contribution in [2.75, 3.05) is 0 Å². The number of amides is 1. The zero-order chi connectivity index (χ0) is 25.8. The van der Waals surface area contributed by atoms with Gasteiger partial charge in [-0.15, -0.1) is 0 Å². The molecular formula is C29H21I2N3O3. The highest BCUT2D eigenvalue weighted by atomic mass is 127. The normalized spacial score (nSPS) is 11.3. The zero-order valence-electron chi connectivity index (χ0n) is 19.5. The molecule has 0 aliphatic carbocycles. The van der Waals surface area contributed by atoms with E-state index in [1.54, 1.807) is 18.3 Å². The molecule has 0 fully saturated rings. The Morgan fingerprint density at radius 3 is 2.05 bits per heavy atom. The first-order chi connectivity index (χ1) is 18.0. The van der Waals surface area contributed by atoms with Gasteiger partial charge in [-0.05, 0) is 92.7 Å². The van der Waals surface area contributed by atoms with E-state index < -0.39 is 0 Å². The fraction of sp³-hybridized carbons (Fsp3) is 0.0690. The van der Waals surface area contributed by atoms with E-state index in [2.05, 4.69) is 55.7 Å². The Kier molecular flexibility index (Phi) is 7.85. The van der Waals surface area contributed by atoms with Crippen LogP contribution in [0.15, 0.2) is 101 Å². The van der Waals surface area contributed by atoms with Crippen molar-refractivity contribution >= 4 is 79.1 Å². The molecule has 1 aromatic heterocycles. The van der Waals surface area contributed by atoms with E-state index in [9.17, 15) is 9.59 Å². The summed E-state index contributed by atoms with van der Waals surface area (Å²) in [6, 6.07) is 28.6. The maximum Gasteiger partial charge on any atom is 0.260 e. The van der Waals surface area contributed by atoms with Crippen molar-refractivity contribution in [2.24, 2.45) is 5.10 Å². The second-order valence-corrected chi connectivity index (χ2v) is 10.7. The number of rotatable bonds is 7. The fourth-order valence-corrected chi connectivity index (χ4v) is 6.25. The molecule has 8 heteroatoms. The third-order valence-electron chi connectivity index (χ3n) is 5.83. The predicted octanol–water partition coefficient (Wildman–Crippen LogP) is 6.09. The second-order valence-electron chi connectivity index (χ2n) is 8.33. The largest absolute Gasteiger partial charge is 0.487 e. The van der Waals surface area contributed by atoms with Gasteiger partial charge in [0.2, 0.25) is 0 Å². The maximum atomic E-state index is 12.9. The van der Waals surface area contributed by atoms with E-state index in [1.807, 2.05) is 83.4 Å². The molecule has 1 heterocycles. The van der Waals surface area contributed by atoms with Gasteiger partial charge in [0, 0.05) is 10.8 Å². The molecule has 0 unspecified atom stereocenters. The lowest BCUT2D eigenvalue weighted by molar-refractivity contribution is -0.121. The summed E-state index contributed by atoms with van der Waals surface area (Å²) in [7, 11) is 0. The summed E-state index contributed by atoms with van der Waals surface area (Å²) in [6.07, 6.45) is 1.62. The number of aromatic nitrogens is 1. The molecule has 0 atom stereocenters. The number of benzene rings is 4. The third-order valence-corrected chi connectivity index (χ3v) is 7.43. The molecule has 0 aliphatic heterocycles. The molecule has 5 rings (SSSR count). The van der Waals surface area contributed by atoms with Crippen LogP contribution in [0.1, 0.15) is 11.1 Å². The van der Waals surface area contributed by atoms with Crippen LogP contribution in [0.25, 0.3) is 21.8 Å². The highest BCUT2D eigenvalue weighted by Gasteiger charge is 2.13. The molecule has 4 aromatic carbocycles. The molecule has 5 aromatic rings. The molecule has 1 amide bonds. The van der Waals surface area contributed by atoms with E-state index in [4.69, 9.17) is 4.74 Å². The van der Waals surface area contributed by atoms with Crippen molar-refractivity contribution in [3.8, 4) is 5.75 Å². The van der Waals surface area contributed by atoms with Gasteiger partial charge in [-0.3, -0.25) is 9.59 Å². The summed E-state index contributed by atoms with van der Waals surface area (Å²) in [5.74, 6) is 0.533. The number of carbonyl (C=O) groups is 1. The van der Waals surface area contributed by atoms with Crippen LogP contribution in [0, 0.1) is 7.14 Å². The quantitative estimate of drug-likeness (QED) is 0.0961. The van der Waals surface area contributed by atoms with Crippen LogP contribution in [-0.4, -0.2) is 16.7 Å². The minimum atomic E-state index is -0.289. The van der Waals surface area contributed by atoms with Crippen LogP contribution in [0.5, 0.6) is 5.75 Å². The monoisotopic (exact) mass is 713 g/mol. The van der Waals surface area contributed by atoms with Crippen molar-refractivity contribution in [2.45, 2.75) is 13.2 Å². The summed E-state index contributed by atoms with van der Waals surface area (Å²) in [4.78, 5) is 25.7. The Morgan fingerprint density at radius 2 is 1.43 bits per heavy atom. The lowest BCUT2D eigenvalue weighted by Gasteiger charge is -2.14. The van der Waals surface area contributed by atoms with Crippen LogP contribution in [-0.2, 0) is 17.9 Å². The Hall–Kier alpha value is -3.25. The van der Waals surface area contributed by atoms with Gasteiger partial charge in [-0.25, -0.2) is 5.43 Å². The second kappa shape index (κ2) is 11.4. The average molecular weight is 713 g/mol. The van der Waals surface area contributed by atoms with Crippen LogP contribution in [0.4, 0.5) is 0 Å². The summed E-state index contributed by atoms with van der Waals surface area (Å²) in [6.45, 7) is 0.519. The van der Waals surface area contributed by atoms with E-state index >= 15 is 0 Å². The molecule has 37 heavy (non-hydrogen) atoms. The molecule has 0 radical (unpaired) electrons. The number of nitrogens with zero attached hydrogens (tertiary/aromatic N) is 2. The number of ether oxygens (including phenoxy) is 1. The number of pyridine rings is 1. The number of carbonyl (C=O) groups excluding carboxylic acids is 1. The number of para-hydroxylation sites is 2. The van der Waals surface area contributed by atoms with Crippen molar-refractivity contribution in [3.05, 3.63) is 119 Å². The number of halogens is 2. The molecule has 0 bridgehead atoms. The lowest BCUT2D eigenvalue weighted by atomic mass is 10.1. The van der Waals surface area contributed by atoms with E-state index in [0.717, 1.165) is 24.0 Å². The Labute approximate surface area is 240 Å². The SMILES string of the molecule is O=C(Cn1c2ccccc2c(=O)c2ccccc21)N/N=C/c1cc(I)c(OCc2ccccc2)c(I)c1. The summed E-state index contributed by atoms with van der Waals surface area (Å²) < 4.78 is 9.81. The van der Waals surface area contributed by atoms with Gasteiger partial charge in [0.25, 0.3) is 5.91 Å². The van der Waals surface area contributed by atoms with Gasteiger partial charge in [-0.1, -0.05) is 54.6 Å². The van der Waals surface area contributed by atoms with Crippen LogP contribution < -0.4 is 15.6 Å². The summed E-state index contributed by atoms with van der Waals surface area (Å²) in [5, 5.41) is 5.33. The van der Waals surface area contributed by atoms with Gasteiger partial charge in [0.1, 0.15) is 18.9 Å². The molecule has 0 aliphatic rings. The summed E-state index contributed by atoms with van der Waals surface area (Å²) in [5.41, 5.74) is 5.95. The van der Waals surface area contributed by atoms with Gasteiger partial charge in [0.15, 0.2) is 5.43 Å². The molecule has 0 spiro atoms. The number of hydrogen-bond acceptors (Lipinski definition) is 4. The van der Waals surface area contributed by atoms with Gasteiger partial charge < -0.3 is 9.30 Å². The van der Waals surface area contributed by atoms with Crippen molar-refractivity contribution in [1.29, 1.82) is 0 Å². The first kappa shape index (κ1) is 25.4. The van der Waals surface area contributed by atoms with E-state index in [0.29, 0.717) is 28.4 Å². The molecular weight excluding hydrogens is 692 g/mol. The number of hydrazone groups is 1. The van der Waals surface area contributed by atoms with E-state index in [-0.39, 0.29) is 17.9 Å². The summed E-state index contributed by atoms with van der Waals surface area (Å²) >= 11 is 4.49. The van der Waals surface area contributed by atoms with E-state index in [1.165, 1.54) is 0 Å². The third kappa shape index (κ3) is 5.69. The first-order valence-electron chi connectivity index (χ1n) is 11.5. The fourth-order valence-electron chi connectivity index (χ4n) is 4.13. The number of fused-ring (bicyclic) bond motifs is 2. The number of nitrogens with one attached hydrogen (secondary N) is 1. The van der Waals surface area contributed by atoms with Crippen LogP contribution in [0.3, 0.4) is 0 Å². The van der Waals surface area contributed by atoms with Crippen molar-refractivity contribution in [3.63, 3.8) is 0 Å². The smallest absolute Gasteiger partial charge is 0.260 e. The Balaban J connectivity index is 1.31. The van der Waals surface area contributed by atoms with Gasteiger partial charge in [-0.2, -0.15) is 5.10 Å². The minimum Gasteiger partial charge on any atom is -0.487 e. The van der Waals surface area contributed by atoms with Crippen LogP contribution >= 0.6 is 45.2 Å². The molecule has 0 saturated heterocycles. The Morgan fingerprint density at radius 1 is 0.865 bits per heavy atom. The highest BCUT2D eigenvalue weighted by molar-refractivity contribution is 14.1. The first-order valence-corrected chi connectivity index (χ1v) is 13.6. The van der Waals surface area contributed by atoms with Crippen molar-refractivity contribution < 1.29 is 9.53 Å². The average Bonchev–Trinajstić information content (AvgIpc) is 2.91. The lowest BCUT2D eigenvalue weighted by Crippen LogP contribution is -2.25. The molecule has 0 saturated carbocycles. The molecule has 184 valence electrons. The topological polar surface area (TPSA) is 72.7 Å². The van der Waals surface area contributed by atoms with Gasteiger partial charge in [0.05, 0.1) is 24.4 Å². The zero-order valence-corrected chi connectivity index (χ0v) is 23.8. The highest BCUT2D eigenvalue weighted by Crippen LogP contribution is 2.29. The Bertz CT molecular complexity index is 1620. The molecule has 6 nitrogen and oxygen atoms in total. The van der Waals surface area contributed by atoms with Crippen molar-refractivity contribution in [1.82, 2.24) is 9.99 Å². The minimum absolute atomic E-state index is 0.0278. The molecule has 1 N–H and O–H groups in total. The van der Waals surface area contributed by atoms with Crippen LogP contribution in [0.2, 0.25) is 0 Å². The predicted molar refractivity (Wildman–Crippen MR) is 164 cm³/mol. The standard InChI is InChI=1S/C29H21I2N3O3/c30-23-14-20(15-24(31)29(23)37-18-19-8-2-1-3-9-19)16-32-33-27(35)17-34-25-12-6-4-10-21(25)28(36)22-11-5-7-13-26(22)34/h1-16H,17-18H2,(H,33,35)/b32-16+.